The molecule has 2 rings (SSSR count). The van der Waals surface area contributed by atoms with E-state index in [-0.39, 0.29) is 10.7 Å². The van der Waals surface area contributed by atoms with E-state index in [2.05, 4.69) is 20.7 Å². The number of nitrogens with two attached hydrogens (primary N) is 1. The topological polar surface area (TPSA) is 75.9 Å². The summed E-state index contributed by atoms with van der Waals surface area (Å²) < 4.78 is 13.5. The lowest BCUT2D eigenvalue weighted by atomic mass is 10.3. The maximum Gasteiger partial charge on any atom is 0.160 e. The molecule has 0 radical (unpaired) electrons. The number of halogens is 2. The van der Waals surface area contributed by atoms with Gasteiger partial charge in [0.05, 0.1) is 23.1 Å². The average molecular weight is 254 g/mol. The third kappa shape index (κ3) is 2.61. The summed E-state index contributed by atoms with van der Waals surface area (Å²) in [4.78, 5) is 7.91. The molecule has 5 nitrogen and oxygen atoms in total. The first-order valence-electron chi connectivity index (χ1n) is 4.70. The zero-order chi connectivity index (χ0) is 12.3. The summed E-state index contributed by atoms with van der Waals surface area (Å²) >= 11 is 5.86. The van der Waals surface area contributed by atoms with Gasteiger partial charge in [0.2, 0.25) is 0 Å². The lowest BCUT2D eigenvalue weighted by molar-refractivity contribution is 0.632. The molecule has 0 spiro atoms. The van der Waals surface area contributed by atoms with Crippen molar-refractivity contribution in [2.75, 3.05) is 10.7 Å². The summed E-state index contributed by atoms with van der Waals surface area (Å²) in [5.41, 5.74) is 2.49. The van der Waals surface area contributed by atoms with Crippen LogP contribution in [0.1, 0.15) is 0 Å². The second-order valence-corrected chi connectivity index (χ2v) is 3.56. The van der Waals surface area contributed by atoms with Gasteiger partial charge in [0.15, 0.2) is 11.6 Å². The van der Waals surface area contributed by atoms with Gasteiger partial charge in [-0.15, -0.1) is 0 Å². The molecule has 0 amide bonds. The zero-order valence-electron chi connectivity index (χ0n) is 8.61. The quantitative estimate of drug-likeness (QED) is 0.578. The fraction of sp³-hybridized carbons (Fsp3) is 0. The molecule has 0 aliphatic rings. The van der Waals surface area contributed by atoms with Crippen LogP contribution in [0.25, 0.3) is 0 Å². The number of nitrogens with one attached hydrogen (secondary N) is 2. The van der Waals surface area contributed by atoms with Gasteiger partial charge >= 0.3 is 0 Å². The second-order valence-electron chi connectivity index (χ2n) is 3.16. The van der Waals surface area contributed by atoms with Crippen molar-refractivity contribution < 1.29 is 4.39 Å². The van der Waals surface area contributed by atoms with Crippen LogP contribution in [0, 0.1) is 5.82 Å². The van der Waals surface area contributed by atoms with Crippen LogP contribution in [0.5, 0.6) is 0 Å². The Bertz CT molecular complexity index is 514. The number of hydrogen-bond donors (Lipinski definition) is 3. The molecule has 4 N–H and O–H groups in total. The highest BCUT2D eigenvalue weighted by Crippen LogP contribution is 2.27. The van der Waals surface area contributed by atoms with Crippen molar-refractivity contribution in [2.24, 2.45) is 5.84 Å². The first-order valence-corrected chi connectivity index (χ1v) is 5.08. The van der Waals surface area contributed by atoms with Gasteiger partial charge in [0, 0.05) is 0 Å². The molecule has 1 aromatic carbocycles. The summed E-state index contributed by atoms with van der Waals surface area (Å²) in [7, 11) is 0. The van der Waals surface area contributed by atoms with Crippen LogP contribution in [0.15, 0.2) is 30.6 Å². The van der Waals surface area contributed by atoms with E-state index in [0.29, 0.717) is 11.6 Å². The minimum atomic E-state index is -0.467. The van der Waals surface area contributed by atoms with Crippen LogP contribution in [-0.4, -0.2) is 9.97 Å². The first kappa shape index (κ1) is 11.6. The SMILES string of the molecule is NNc1cncc(Nc2c(F)cccc2Cl)n1. The largest absolute Gasteiger partial charge is 0.335 e. The van der Waals surface area contributed by atoms with E-state index in [0.717, 1.165) is 0 Å². The van der Waals surface area contributed by atoms with E-state index >= 15 is 0 Å². The minimum Gasteiger partial charge on any atom is -0.335 e. The number of nitrogens with zero attached hydrogens (tertiary/aromatic N) is 2. The third-order valence-electron chi connectivity index (χ3n) is 2.00. The fourth-order valence-corrected chi connectivity index (χ4v) is 1.45. The molecule has 7 heteroatoms. The van der Waals surface area contributed by atoms with Gasteiger partial charge in [-0.05, 0) is 12.1 Å². The highest BCUT2D eigenvalue weighted by atomic mass is 35.5. The van der Waals surface area contributed by atoms with Crippen LogP contribution in [-0.2, 0) is 0 Å². The Balaban J connectivity index is 2.31. The Morgan fingerprint density at radius 1 is 1.24 bits per heavy atom. The van der Waals surface area contributed by atoms with E-state index < -0.39 is 5.82 Å². The highest BCUT2D eigenvalue weighted by molar-refractivity contribution is 6.33. The number of nitrogen functional groups attached to an aromatic ring is 1. The minimum absolute atomic E-state index is 0.151. The summed E-state index contributed by atoms with van der Waals surface area (Å²) in [6.07, 6.45) is 2.87. The number of aromatic nitrogens is 2. The van der Waals surface area contributed by atoms with Gasteiger partial charge in [0.25, 0.3) is 0 Å². The van der Waals surface area contributed by atoms with Crippen LogP contribution in [0.2, 0.25) is 5.02 Å². The molecule has 88 valence electrons. The number of anilines is 3. The summed E-state index contributed by atoms with van der Waals surface area (Å²) in [6.45, 7) is 0. The maximum atomic E-state index is 13.5. The number of hydrogen-bond acceptors (Lipinski definition) is 5. The molecule has 0 aliphatic carbocycles. The van der Waals surface area contributed by atoms with Gasteiger partial charge in [-0.2, -0.15) is 0 Å². The molecule has 0 saturated carbocycles. The molecule has 2 aromatic rings. The smallest absolute Gasteiger partial charge is 0.160 e. The molecule has 0 saturated heterocycles. The standard InChI is InChI=1S/C10H9ClFN5/c11-6-2-1-3-7(12)10(6)16-8-4-14-5-9(15-8)17-13/h1-5H,13H2,(H2,15,16,17). The van der Waals surface area contributed by atoms with Gasteiger partial charge in [0.1, 0.15) is 5.82 Å². The predicted octanol–water partition coefficient (Wildman–Crippen LogP) is 2.30. The zero-order valence-corrected chi connectivity index (χ0v) is 9.37. The normalized spacial score (nSPS) is 10.1. The molecule has 0 bridgehead atoms. The van der Waals surface area contributed by atoms with E-state index in [9.17, 15) is 4.39 Å². The van der Waals surface area contributed by atoms with Crippen LogP contribution < -0.4 is 16.6 Å². The van der Waals surface area contributed by atoms with Gasteiger partial charge in [-0.25, -0.2) is 15.2 Å². The lowest BCUT2D eigenvalue weighted by Gasteiger charge is -2.09. The van der Waals surface area contributed by atoms with E-state index in [4.69, 9.17) is 17.4 Å². The number of hydrazine groups is 1. The van der Waals surface area contributed by atoms with E-state index in [1.54, 1.807) is 6.07 Å². The van der Waals surface area contributed by atoms with Crippen LogP contribution in [0.4, 0.5) is 21.7 Å². The predicted molar refractivity (Wildman–Crippen MR) is 64.5 cm³/mol. The maximum absolute atomic E-state index is 13.5. The summed E-state index contributed by atoms with van der Waals surface area (Å²) in [5.74, 6) is 5.43. The summed E-state index contributed by atoms with van der Waals surface area (Å²) in [6, 6.07) is 4.39. The van der Waals surface area contributed by atoms with Crippen molar-refractivity contribution in [2.45, 2.75) is 0 Å². The molecule has 0 fully saturated rings. The molecule has 17 heavy (non-hydrogen) atoms. The monoisotopic (exact) mass is 253 g/mol. The van der Waals surface area contributed by atoms with Crippen molar-refractivity contribution in [3.8, 4) is 0 Å². The summed E-state index contributed by atoms with van der Waals surface area (Å²) in [5, 5.41) is 3.00. The van der Waals surface area contributed by atoms with Crippen molar-refractivity contribution >= 4 is 28.9 Å². The molecule has 1 aromatic heterocycles. The van der Waals surface area contributed by atoms with E-state index in [1.165, 1.54) is 24.5 Å². The van der Waals surface area contributed by atoms with Gasteiger partial charge in [-0.3, -0.25) is 4.98 Å². The fourth-order valence-electron chi connectivity index (χ4n) is 1.24. The number of benzene rings is 1. The Labute approximate surface area is 102 Å². The van der Waals surface area contributed by atoms with Crippen molar-refractivity contribution in [3.63, 3.8) is 0 Å². The first-order chi connectivity index (χ1) is 8.20. The van der Waals surface area contributed by atoms with E-state index in [1.807, 2.05) is 0 Å². The Morgan fingerprint density at radius 3 is 2.71 bits per heavy atom. The molecular formula is C10H9ClFN5. The Morgan fingerprint density at radius 2 is 2.00 bits per heavy atom. The number of rotatable bonds is 3. The molecule has 0 unspecified atom stereocenters. The third-order valence-corrected chi connectivity index (χ3v) is 2.31. The van der Waals surface area contributed by atoms with Gasteiger partial charge < -0.3 is 10.7 Å². The average Bonchev–Trinajstić information content (AvgIpc) is 2.34. The van der Waals surface area contributed by atoms with Gasteiger partial charge in [-0.1, -0.05) is 17.7 Å². The Kier molecular flexibility index (Phi) is 3.36. The highest BCUT2D eigenvalue weighted by Gasteiger charge is 2.07. The van der Waals surface area contributed by atoms with Crippen molar-refractivity contribution in [1.82, 2.24) is 9.97 Å². The Hall–Kier alpha value is -1.92. The lowest BCUT2D eigenvalue weighted by Crippen LogP contribution is -2.09. The van der Waals surface area contributed by atoms with Crippen LogP contribution >= 0.6 is 11.6 Å². The van der Waals surface area contributed by atoms with Crippen molar-refractivity contribution in [3.05, 3.63) is 41.4 Å². The molecule has 1 heterocycles. The molecule has 0 aliphatic heterocycles. The number of para-hydroxylation sites is 1. The second kappa shape index (κ2) is 4.94. The van der Waals surface area contributed by atoms with Crippen LogP contribution in [0.3, 0.4) is 0 Å². The molecular weight excluding hydrogens is 245 g/mol. The molecule has 0 atom stereocenters. The van der Waals surface area contributed by atoms with Crippen molar-refractivity contribution in [1.29, 1.82) is 0 Å².